The van der Waals surface area contributed by atoms with Crippen molar-refractivity contribution in [3.8, 4) is 0 Å². The number of piperazine rings is 1. The van der Waals surface area contributed by atoms with Gasteiger partial charge in [-0.25, -0.2) is 21.6 Å². The van der Waals surface area contributed by atoms with Crippen molar-refractivity contribution in [2.24, 2.45) is 0 Å². The summed E-state index contributed by atoms with van der Waals surface area (Å²) >= 11 is 1.46. The van der Waals surface area contributed by atoms with Gasteiger partial charge in [0.25, 0.3) is 25.8 Å². The Kier molecular flexibility index (Phi) is 13.7. The van der Waals surface area contributed by atoms with Crippen molar-refractivity contribution >= 4 is 48.9 Å². The third-order valence-electron chi connectivity index (χ3n) is 10.7. The highest BCUT2D eigenvalue weighted by atomic mass is 32.2. The molecule has 11 nitrogen and oxygen atoms in total. The predicted molar refractivity (Wildman–Crippen MR) is 217 cm³/mol. The number of ether oxygens (including phenoxy) is 1. The van der Waals surface area contributed by atoms with Crippen molar-refractivity contribution in [2.75, 3.05) is 75.0 Å². The van der Waals surface area contributed by atoms with Crippen LogP contribution in [-0.4, -0.2) is 114 Å². The highest BCUT2D eigenvalue weighted by molar-refractivity contribution is 7.99. The monoisotopic (exact) mass is 849 g/mol. The second-order valence-electron chi connectivity index (χ2n) is 14.9. The molecule has 3 aliphatic rings. The van der Waals surface area contributed by atoms with E-state index in [4.69, 9.17) is 4.74 Å². The van der Waals surface area contributed by atoms with Crippen LogP contribution in [0.4, 0.5) is 24.5 Å². The first kappa shape index (κ1) is 43.0. The zero-order valence-corrected chi connectivity index (χ0v) is 34.4. The molecule has 17 heteroatoms. The molecular weight excluding hydrogens is 800 g/mol. The number of sulfone groups is 1. The molecule has 1 aliphatic carbocycles. The molecule has 1 saturated carbocycles. The van der Waals surface area contributed by atoms with Crippen LogP contribution in [0, 0.1) is 0 Å². The Balaban J connectivity index is 1.17. The van der Waals surface area contributed by atoms with Crippen LogP contribution in [0.5, 0.6) is 0 Å². The number of nitrogens with zero attached hydrogens (tertiary/aromatic N) is 3. The Morgan fingerprint density at radius 1 is 0.965 bits per heavy atom. The second-order valence-corrected chi connectivity index (χ2v) is 19.6. The fourth-order valence-corrected chi connectivity index (χ4v) is 10.3. The van der Waals surface area contributed by atoms with Gasteiger partial charge < -0.3 is 15.0 Å². The maximum absolute atomic E-state index is 14.1. The molecule has 1 spiro atoms. The summed E-state index contributed by atoms with van der Waals surface area (Å²) < 4.78 is 103. The van der Waals surface area contributed by atoms with Gasteiger partial charge in [0.15, 0.2) is 0 Å². The molecule has 0 bridgehead atoms. The van der Waals surface area contributed by atoms with Crippen molar-refractivity contribution in [3.05, 3.63) is 90.5 Å². The van der Waals surface area contributed by atoms with E-state index < -0.39 is 47.1 Å². The van der Waals surface area contributed by atoms with Crippen LogP contribution in [0.25, 0.3) is 0 Å². The van der Waals surface area contributed by atoms with Gasteiger partial charge in [-0.2, -0.15) is 13.2 Å². The molecule has 2 N–H and O–H groups in total. The number of anilines is 2. The quantitative estimate of drug-likeness (QED) is 0.116. The molecular formula is C40H50F3N5O6S3. The van der Waals surface area contributed by atoms with Crippen molar-refractivity contribution in [1.29, 1.82) is 0 Å². The van der Waals surface area contributed by atoms with Crippen molar-refractivity contribution in [1.82, 2.24) is 14.5 Å². The molecule has 3 aromatic carbocycles. The molecule has 0 aromatic heterocycles. The molecule has 1 amide bonds. The number of alkyl halides is 3. The Morgan fingerprint density at radius 3 is 2.32 bits per heavy atom. The van der Waals surface area contributed by atoms with Gasteiger partial charge in [-0.15, -0.1) is 11.8 Å². The number of morpholine rings is 1. The Bertz CT molecular complexity index is 2090. The minimum atomic E-state index is -6.04. The summed E-state index contributed by atoms with van der Waals surface area (Å²) in [6, 6.07) is 17.7. The molecule has 6 rings (SSSR count). The fourth-order valence-electron chi connectivity index (χ4n) is 7.27. The third kappa shape index (κ3) is 10.7. The third-order valence-corrected chi connectivity index (χ3v) is 14.7. The van der Waals surface area contributed by atoms with Crippen LogP contribution in [-0.2, 0) is 24.6 Å². The van der Waals surface area contributed by atoms with Gasteiger partial charge >= 0.3 is 5.51 Å². The number of benzene rings is 3. The number of thioether (sulfide) groups is 1. The predicted octanol–water partition coefficient (Wildman–Crippen LogP) is 6.40. The highest BCUT2D eigenvalue weighted by Crippen LogP contribution is 2.44. The van der Waals surface area contributed by atoms with Crippen LogP contribution < -0.4 is 14.9 Å². The number of hydrogen-bond acceptors (Lipinski definition) is 11. The molecule has 1 atom stereocenters. The lowest BCUT2D eigenvalue weighted by atomic mass is 10.1. The first-order chi connectivity index (χ1) is 27.1. The molecule has 3 aromatic rings. The van der Waals surface area contributed by atoms with Crippen LogP contribution in [0.1, 0.15) is 49.4 Å². The average Bonchev–Trinajstić information content (AvgIpc) is 3.96. The number of carbonyl (C=O) groups is 1. The Labute approximate surface area is 338 Å². The second kappa shape index (κ2) is 18.1. The van der Waals surface area contributed by atoms with E-state index in [1.807, 2.05) is 35.1 Å². The maximum atomic E-state index is 14.1. The maximum Gasteiger partial charge on any atom is 0.501 e. The Morgan fingerprint density at radius 2 is 1.67 bits per heavy atom. The van der Waals surface area contributed by atoms with Gasteiger partial charge in [0.2, 0.25) is 0 Å². The molecule has 3 fully saturated rings. The summed E-state index contributed by atoms with van der Waals surface area (Å²) in [7, 11) is -10.9. The van der Waals surface area contributed by atoms with Gasteiger partial charge in [-0.05, 0) is 80.3 Å². The van der Waals surface area contributed by atoms with Gasteiger partial charge in [0, 0.05) is 79.3 Å². The van der Waals surface area contributed by atoms with Crippen LogP contribution in [0.15, 0.2) is 99.6 Å². The summed E-state index contributed by atoms with van der Waals surface area (Å²) in [6.45, 7) is 12.8. The summed E-state index contributed by atoms with van der Waals surface area (Å²) in [5.41, 5.74) is -4.10. The largest absolute Gasteiger partial charge is 0.501 e. The van der Waals surface area contributed by atoms with E-state index in [9.17, 15) is 34.8 Å². The zero-order chi connectivity index (χ0) is 40.8. The topological polar surface area (TPSA) is 128 Å². The smallest absolute Gasteiger partial charge is 0.380 e. The highest BCUT2D eigenvalue weighted by Gasteiger charge is 2.50. The van der Waals surface area contributed by atoms with Crippen molar-refractivity contribution < 1.29 is 39.5 Å². The SMILES string of the molecule is C=C(CCC)CN1CCN(c2ccc(C(=O)NS(=O)(=O)c3ccc(N[C@H](CCN4CCOCC45CC5)CSc4ccccc4)c(S(=O)(=O)C(F)(F)F)c3)cc2)CC1. The van der Waals surface area contributed by atoms with E-state index in [0.29, 0.717) is 44.5 Å². The number of halogens is 3. The molecule has 310 valence electrons. The number of nitrogens with one attached hydrogen (secondary N) is 2. The molecule has 2 saturated heterocycles. The average molecular weight is 850 g/mol. The lowest BCUT2D eigenvalue weighted by Crippen LogP contribution is -2.48. The molecule has 57 heavy (non-hydrogen) atoms. The first-order valence-corrected chi connectivity index (χ1v) is 23.1. The van der Waals surface area contributed by atoms with E-state index >= 15 is 0 Å². The van der Waals surface area contributed by atoms with E-state index in [2.05, 4.69) is 33.5 Å². The van der Waals surface area contributed by atoms with Gasteiger partial charge in [0.1, 0.15) is 4.90 Å². The standard InChI is InChI=1S/C40H50F3N5O6S3/c1-3-7-30(2)27-46-20-22-47(23-21-46)33-12-10-31(11-13-33)38(49)45-57(52,53)35-14-15-36(37(26-35)56(50,51)40(41,42)43)44-32(28-55-34-8-5-4-6-9-34)16-19-48-24-25-54-29-39(48)17-18-39/h4-6,8-15,26,32,44H,2-3,7,16-25,27-29H2,1H3,(H,45,49)/t32-/m1/s1. The summed E-state index contributed by atoms with van der Waals surface area (Å²) in [4.78, 5) is 18.9. The van der Waals surface area contributed by atoms with E-state index in [1.165, 1.54) is 29.5 Å². The van der Waals surface area contributed by atoms with E-state index in [1.54, 1.807) is 12.1 Å². The first-order valence-electron chi connectivity index (χ1n) is 19.1. The summed E-state index contributed by atoms with van der Waals surface area (Å²) in [5.74, 6) is -0.634. The van der Waals surface area contributed by atoms with Crippen LogP contribution in [0.3, 0.4) is 0 Å². The molecule has 0 unspecified atom stereocenters. The number of amides is 1. The number of hydrogen-bond donors (Lipinski definition) is 2. The molecule has 2 heterocycles. The number of sulfonamides is 1. The van der Waals surface area contributed by atoms with Gasteiger partial charge in [-0.1, -0.05) is 43.7 Å². The molecule has 2 aliphatic heterocycles. The van der Waals surface area contributed by atoms with E-state index in [0.717, 1.165) is 81.1 Å². The van der Waals surface area contributed by atoms with E-state index in [-0.39, 0.29) is 16.8 Å². The van der Waals surface area contributed by atoms with Crippen molar-refractivity contribution in [2.45, 2.75) is 70.8 Å². The summed E-state index contributed by atoms with van der Waals surface area (Å²) in [5, 5.41) is 3.03. The number of carbonyl (C=O) groups excluding carboxylic acids is 1. The van der Waals surface area contributed by atoms with Crippen molar-refractivity contribution in [3.63, 3.8) is 0 Å². The van der Waals surface area contributed by atoms with Crippen LogP contribution in [0.2, 0.25) is 0 Å². The molecule has 0 radical (unpaired) electrons. The summed E-state index contributed by atoms with van der Waals surface area (Å²) in [6.07, 6.45) is 4.49. The normalized spacial score (nSPS) is 18.3. The minimum Gasteiger partial charge on any atom is -0.380 e. The lowest BCUT2D eigenvalue weighted by Gasteiger charge is -2.37. The fraction of sp³-hybridized carbons (Fsp3) is 0.475. The number of rotatable bonds is 17. The Hall–Kier alpha value is -3.61. The lowest BCUT2D eigenvalue weighted by molar-refractivity contribution is -0.0435. The zero-order valence-electron chi connectivity index (χ0n) is 32.0. The minimum absolute atomic E-state index is 0.00486. The van der Waals surface area contributed by atoms with Gasteiger partial charge in [-0.3, -0.25) is 14.6 Å². The van der Waals surface area contributed by atoms with Gasteiger partial charge in [0.05, 0.1) is 23.8 Å². The van der Waals surface area contributed by atoms with Crippen LogP contribution >= 0.6 is 11.8 Å².